The maximum atomic E-state index is 14.1. The molecule has 2 atom stereocenters. The second kappa shape index (κ2) is 7.86. The van der Waals surface area contributed by atoms with Crippen LogP contribution >= 0.6 is 0 Å². The van der Waals surface area contributed by atoms with Gasteiger partial charge in [-0.05, 0) is 31.0 Å². The van der Waals surface area contributed by atoms with Gasteiger partial charge in [0.25, 0.3) is 0 Å². The Morgan fingerprint density at radius 3 is 2.79 bits per heavy atom. The van der Waals surface area contributed by atoms with Crippen LogP contribution in [0.3, 0.4) is 0 Å². The van der Waals surface area contributed by atoms with E-state index >= 15 is 0 Å². The molecule has 1 aliphatic rings. The van der Waals surface area contributed by atoms with Gasteiger partial charge in [0.1, 0.15) is 11.6 Å². The molecule has 6 heteroatoms. The minimum atomic E-state index is -0.583. The monoisotopic (exact) mass is 335 g/mol. The Balaban J connectivity index is 2.35. The molecule has 0 spiro atoms. The zero-order valence-corrected chi connectivity index (χ0v) is 13.4. The normalized spacial score (nSPS) is 20.4. The van der Waals surface area contributed by atoms with Crippen LogP contribution < -0.4 is 0 Å². The average Bonchev–Trinajstić information content (AvgIpc) is 2.98. The molecule has 0 N–H and O–H groups in total. The van der Waals surface area contributed by atoms with Crippen LogP contribution in [0.25, 0.3) is 0 Å². The minimum Gasteiger partial charge on any atom is -0.466 e. The maximum Gasteiger partial charge on any atom is 0.330 e. The molecule has 0 aromatic heterocycles. The molecule has 0 aliphatic carbocycles. The van der Waals surface area contributed by atoms with Crippen LogP contribution in [0.15, 0.2) is 43.0 Å². The van der Waals surface area contributed by atoms with Crippen LogP contribution in [-0.2, 0) is 14.3 Å². The van der Waals surface area contributed by atoms with Gasteiger partial charge in [-0.3, -0.25) is 4.79 Å². The fraction of sp³-hybridized carbons (Fsp3) is 0.333. The number of carbonyl (C=O) groups is 2. The van der Waals surface area contributed by atoms with Crippen LogP contribution in [0, 0.1) is 11.6 Å². The van der Waals surface area contributed by atoms with Crippen LogP contribution in [-0.4, -0.2) is 29.9 Å². The first kappa shape index (κ1) is 17.8. The summed E-state index contributed by atoms with van der Waals surface area (Å²) in [6.45, 7) is 3.54. The third-order valence-corrected chi connectivity index (χ3v) is 4.01. The second-order valence-electron chi connectivity index (χ2n) is 5.50. The van der Waals surface area contributed by atoms with Gasteiger partial charge in [-0.15, -0.1) is 6.58 Å². The van der Waals surface area contributed by atoms with E-state index in [4.69, 9.17) is 0 Å². The number of nitrogens with zero attached hydrogens (tertiary/aromatic N) is 1. The van der Waals surface area contributed by atoms with Gasteiger partial charge >= 0.3 is 5.97 Å². The van der Waals surface area contributed by atoms with E-state index in [0.29, 0.717) is 12.8 Å². The molecule has 1 heterocycles. The second-order valence-corrected chi connectivity index (χ2v) is 5.50. The van der Waals surface area contributed by atoms with E-state index in [0.717, 1.165) is 18.2 Å². The molecular formula is C18H19F2NO3. The van der Waals surface area contributed by atoms with Crippen LogP contribution in [0.1, 0.15) is 30.9 Å². The summed E-state index contributed by atoms with van der Waals surface area (Å²) in [6.07, 6.45) is 5.35. The summed E-state index contributed by atoms with van der Waals surface area (Å²) in [5.41, 5.74) is 0.140. The number of methoxy groups -OCH3 is 1. The Hall–Kier alpha value is -2.50. The van der Waals surface area contributed by atoms with Crippen molar-refractivity contribution in [1.29, 1.82) is 0 Å². The van der Waals surface area contributed by atoms with E-state index in [-0.39, 0.29) is 23.9 Å². The van der Waals surface area contributed by atoms with Gasteiger partial charge in [-0.2, -0.15) is 0 Å². The lowest BCUT2D eigenvalue weighted by Crippen LogP contribution is -2.36. The molecule has 1 aromatic rings. The number of hydrogen-bond acceptors (Lipinski definition) is 3. The van der Waals surface area contributed by atoms with Crippen molar-refractivity contribution in [3.8, 4) is 0 Å². The highest BCUT2D eigenvalue weighted by molar-refractivity contribution is 5.82. The third-order valence-electron chi connectivity index (χ3n) is 4.01. The van der Waals surface area contributed by atoms with Crippen LogP contribution in [0.4, 0.5) is 8.78 Å². The number of carbonyl (C=O) groups excluding carboxylic acids is 2. The smallest absolute Gasteiger partial charge is 0.330 e. The zero-order chi connectivity index (χ0) is 17.7. The molecule has 0 unspecified atom stereocenters. The van der Waals surface area contributed by atoms with Gasteiger partial charge in [0.2, 0.25) is 5.91 Å². The van der Waals surface area contributed by atoms with E-state index in [1.54, 1.807) is 6.08 Å². The molecule has 24 heavy (non-hydrogen) atoms. The Kier molecular flexibility index (Phi) is 5.84. The molecule has 2 rings (SSSR count). The first-order chi connectivity index (χ1) is 11.5. The number of likely N-dealkylation sites (tertiary alicyclic amines) is 1. The summed E-state index contributed by atoms with van der Waals surface area (Å²) in [7, 11) is 1.26. The van der Waals surface area contributed by atoms with Gasteiger partial charge < -0.3 is 9.64 Å². The molecule has 1 aliphatic heterocycles. The average molecular weight is 335 g/mol. The predicted molar refractivity (Wildman–Crippen MR) is 84.9 cm³/mol. The Labute approximate surface area is 139 Å². The highest BCUT2D eigenvalue weighted by atomic mass is 19.1. The van der Waals surface area contributed by atoms with E-state index in [1.807, 2.05) is 0 Å². The van der Waals surface area contributed by atoms with Crippen molar-refractivity contribution in [2.75, 3.05) is 7.11 Å². The highest BCUT2D eigenvalue weighted by Gasteiger charge is 2.37. The van der Waals surface area contributed by atoms with Crippen molar-refractivity contribution in [1.82, 2.24) is 4.90 Å². The number of halogens is 2. The molecular weight excluding hydrogens is 316 g/mol. The summed E-state index contributed by atoms with van der Waals surface area (Å²) in [6, 6.07) is 2.24. The van der Waals surface area contributed by atoms with Gasteiger partial charge in [0, 0.05) is 18.1 Å². The Morgan fingerprint density at radius 1 is 1.38 bits per heavy atom. The molecule has 1 saturated heterocycles. The van der Waals surface area contributed by atoms with Crippen LogP contribution in [0.5, 0.6) is 0 Å². The molecule has 4 nitrogen and oxygen atoms in total. The van der Waals surface area contributed by atoms with Gasteiger partial charge in [-0.25, -0.2) is 13.6 Å². The molecule has 0 saturated carbocycles. The predicted octanol–water partition coefficient (Wildman–Crippen LogP) is 3.30. The van der Waals surface area contributed by atoms with Crippen molar-refractivity contribution >= 4 is 11.9 Å². The lowest BCUT2D eigenvalue weighted by atomic mass is 10.0. The topological polar surface area (TPSA) is 46.6 Å². The van der Waals surface area contributed by atoms with E-state index in [1.165, 1.54) is 24.2 Å². The number of ether oxygens (including phenoxy) is 1. The molecule has 1 amide bonds. The molecule has 128 valence electrons. The fourth-order valence-corrected chi connectivity index (χ4v) is 2.95. The van der Waals surface area contributed by atoms with E-state index < -0.39 is 23.6 Å². The third kappa shape index (κ3) is 3.88. The van der Waals surface area contributed by atoms with Crippen molar-refractivity contribution in [3.05, 3.63) is 60.2 Å². The highest BCUT2D eigenvalue weighted by Crippen LogP contribution is 2.38. The zero-order valence-electron chi connectivity index (χ0n) is 13.4. The lowest BCUT2D eigenvalue weighted by Gasteiger charge is -2.29. The van der Waals surface area contributed by atoms with Gasteiger partial charge in [-0.1, -0.05) is 12.2 Å². The number of benzene rings is 1. The van der Waals surface area contributed by atoms with Crippen molar-refractivity contribution in [3.63, 3.8) is 0 Å². The standard InChI is InChI=1S/C18H19F2NO3/c1-3-4-17(22)21-13(7-10-18(23)24-2)6-9-16(21)14-11-12(19)5-8-15(14)20/h3,5,7-8,10-11,13,16H,1,4,6,9H2,2H3/t13-,16+/m1/s1. The summed E-state index contributed by atoms with van der Waals surface area (Å²) >= 11 is 0. The quantitative estimate of drug-likeness (QED) is 0.471. The first-order valence-electron chi connectivity index (χ1n) is 7.61. The Bertz CT molecular complexity index is 672. The van der Waals surface area contributed by atoms with Crippen molar-refractivity contribution in [2.45, 2.75) is 31.3 Å². The summed E-state index contributed by atoms with van der Waals surface area (Å²) < 4.78 is 32.2. The minimum absolute atomic E-state index is 0.0794. The van der Waals surface area contributed by atoms with E-state index in [9.17, 15) is 18.4 Å². The summed E-state index contributed by atoms with van der Waals surface area (Å²) in [4.78, 5) is 25.2. The van der Waals surface area contributed by atoms with Gasteiger partial charge in [0.15, 0.2) is 0 Å². The molecule has 1 fully saturated rings. The molecule has 0 radical (unpaired) electrons. The fourth-order valence-electron chi connectivity index (χ4n) is 2.95. The van der Waals surface area contributed by atoms with Crippen molar-refractivity contribution in [2.24, 2.45) is 0 Å². The number of esters is 1. The van der Waals surface area contributed by atoms with Gasteiger partial charge in [0.05, 0.1) is 19.2 Å². The van der Waals surface area contributed by atoms with Crippen LogP contribution in [0.2, 0.25) is 0 Å². The number of hydrogen-bond donors (Lipinski definition) is 0. The molecule has 1 aromatic carbocycles. The number of amides is 1. The summed E-state index contributed by atoms with van der Waals surface area (Å²) in [5, 5.41) is 0. The van der Waals surface area contributed by atoms with E-state index in [2.05, 4.69) is 11.3 Å². The first-order valence-corrected chi connectivity index (χ1v) is 7.61. The summed E-state index contributed by atoms with van der Waals surface area (Å²) in [5.74, 6) is -1.91. The number of rotatable bonds is 5. The molecule has 0 bridgehead atoms. The maximum absolute atomic E-state index is 14.1. The van der Waals surface area contributed by atoms with Crippen molar-refractivity contribution < 1.29 is 23.1 Å². The lowest BCUT2D eigenvalue weighted by molar-refractivity contribution is -0.135. The Morgan fingerprint density at radius 2 is 2.12 bits per heavy atom. The largest absolute Gasteiger partial charge is 0.466 e. The SMILES string of the molecule is C=CCC(=O)N1[C@@H](C=CC(=O)OC)CC[C@H]1c1cc(F)ccc1F.